The van der Waals surface area contributed by atoms with E-state index in [-0.39, 0.29) is 16.8 Å². The van der Waals surface area contributed by atoms with Crippen LogP contribution < -0.4 is 15.8 Å². The topological polar surface area (TPSA) is 101 Å². The zero-order valence-corrected chi connectivity index (χ0v) is 10.5. The Balaban J connectivity index is 2.07. The largest absolute Gasteiger partial charge is 0.348 e. The zero-order chi connectivity index (χ0) is 13.2. The Hall–Kier alpha value is -1.44. The lowest BCUT2D eigenvalue weighted by Crippen LogP contribution is -2.36. The van der Waals surface area contributed by atoms with E-state index in [1.54, 1.807) is 0 Å². The number of hydrogen-bond acceptors (Lipinski definition) is 4. The van der Waals surface area contributed by atoms with E-state index in [0.29, 0.717) is 5.56 Å². The molecule has 0 spiro atoms. The van der Waals surface area contributed by atoms with Gasteiger partial charge in [-0.05, 0) is 37.2 Å². The van der Waals surface area contributed by atoms with Crippen molar-refractivity contribution in [1.29, 1.82) is 0 Å². The van der Waals surface area contributed by atoms with Crippen LogP contribution in [0.4, 0.5) is 0 Å². The zero-order valence-electron chi connectivity index (χ0n) is 9.72. The fourth-order valence-electron chi connectivity index (χ4n) is 1.84. The molecule has 1 aromatic carbocycles. The molecule has 0 radical (unpaired) electrons. The van der Waals surface area contributed by atoms with Gasteiger partial charge in [-0.2, -0.15) is 0 Å². The minimum Gasteiger partial charge on any atom is -0.348 e. The summed E-state index contributed by atoms with van der Waals surface area (Å²) in [5.74, 6) is -0.204. The van der Waals surface area contributed by atoms with E-state index in [9.17, 15) is 13.2 Å². The van der Waals surface area contributed by atoms with E-state index in [0.717, 1.165) is 19.5 Å². The van der Waals surface area contributed by atoms with Crippen LogP contribution in [0.3, 0.4) is 0 Å². The molecule has 1 fully saturated rings. The lowest BCUT2D eigenvalue weighted by atomic mass is 10.2. The number of carbonyl (C=O) groups is 1. The summed E-state index contributed by atoms with van der Waals surface area (Å²) in [6, 6.07) is 5.71. The molecular weight excluding hydrogens is 254 g/mol. The van der Waals surface area contributed by atoms with Crippen LogP contribution in [-0.4, -0.2) is 33.5 Å². The average Bonchev–Trinajstić information content (AvgIpc) is 2.81. The Morgan fingerprint density at radius 3 is 2.50 bits per heavy atom. The van der Waals surface area contributed by atoms with E-state index in [2.05, 4.69) is 10.6 Å². The number of carbonyl (C=O) groups excluding carboxylic acids is 1. The molecule has 1 aromatic rings. The first-order chi connectivity index (χ1) is 8.47. The second kappa shape index (κ2) is 5.05. The predicted octanol–water partition coefficient (Wildman–Crippen LogP) is -0.574. The second-order valence-electron chi connectivity index (χ2n) is 4.23. The van der Waals surface area contributed by atoms with Gasteiger partial charge in [-0.15, -0.1) is 0 Å². The maximum absolute atomic E-state index is 11.8. The molecule has 7 heteroatoms. The molecule has 1 amide bonds. The quantitative estimate of drug-likeness (QED) is 0.683. The summed E-state index contributed by atoms with van der Waals surface area (Å²) in [4.78, 5) is 11.8. The molecule has 0 aromatic heterocycles. The highest BCUT2D eigenvalue weighted by molar-refractivity contribution is 7.89. The van der Waals surface area contributed by atoms with E-state index in [1.165, 1.54) is 24.3 Å². The lowest BCUT2D eigenvalue weighted by Gasteiger charge is -2.11. The van der Waals surface area contributed by atoms with E-state index in [1.807, 2.05) is 0 Å². The van der Waals surface area contributed by atoms with Crippen LogP contribution in [0.25, 0.3) is 0 Å². The van der Waals surface area contributed by atoms with Gasteiger partial charge in [-0.25, -0.2) is 13.6 Å². The number of primary sulfonamides is 1. The molecule has 4 N–H and O–H groups in total. The van der Waals surface area contributed by atoms with Gasteiger partial charge in [0.15, 0.2) is 0 Å². The molecule has 98 valence electrons. The van der Waals surface area contributed by atoms with Gasteiger partial charge in [0.05, 0.1) is 4.90 Å². The Kier molecular flexibility index (Phi) is 3.65. The van der Waals surface area contributed by atoms with Crippen molar-refractivity contribution in [3.8, 4) is 0 Å². The molecule has 0 unspecified atom stereocenters. The summed E-state index contributed by atoms with van der Waals surface area (Å²) >= 11 is 0. The van der Waals surface area contributed by atoms with Crippen LogP contribution in [0.15, 0.2) is 29.2 Å². The maximum atomic E-state index is 11.8. The minimum atomic E-state index is -3.71. The van der Waals surface area contributed by atoms with Crippen molar-refractivity contribution in [2.45, 2.75) is 17.4 Å². The summed E-state index contributed by atoms with van der Waals surface area (Å²) in [7, 11) is -3.71. The molecule has 6 nitrogen and oxygen atoms in total. The Bertz CT molecular complexity index is 533. The molecule has 1 saturated heterocycles. The highest BCUT2D eigenvalue weighted by Crippen LogP contribution is 2.09. The summed E-state index contributed by atoms with van der Waals surface area (Å²) in [6.07, 6.45) is 0.904. The van der Waals surface area contributed by atoms with Gasteiger partial charge >= 0.3 is 0 Å². The molecule has 1 atom stereocenters. The molecular formula is C11H15N3O3S. The molecule has 0 saturated carbocycles. The van der Waals surface area contributed by atoms with Gasteiger partial charge in [-0.1, -0.05) is 0 Å². The third kappa shape index (κ3) is 3.06. The number of nitrogens with one attached hydrogen (secondary N) is 2. The summed E-state index contributed by atoms with van der Waals surface area (Å²) in [6.45, 7) is 1.66. The van der Waals surface area contributed by atoms with Crippen molar-refractivity contribution in [2.75, 3.05) is 13.1 Å². The van der Waals surface area contributed by atoms with Crippen LogP contribution in [0.1, 0.15) is 16.8 Å². The van der Waals surface area contributed by atoms with Crippen molar-refractivity contribution in [3.63, 3.8) is 0 Å². The Morgan fingerprint density at radius 2 is 2.00 bits per heavy atom. The number of nitrogens with two attached hydrogens (primary N) is 1. The minimum absolute atomic E-state index is 0.00147. The number of amides is 1. The van der Waals surface area contributed by atoms with Crippen LogP contribution in [0, 0.1) is 0 Å². The monoisotopic (exact) mass is 269 g/mol. The molecule has 1 heterocycles. The van der Waals surface area contributed by atoms with Gasteiger partial charge in [0.1, 0.15) is 0 Å². The lowest BCUT2D eigenvalue weighted by molar-refractivity contribution is 0.0940. The number of rotatable bonds is 3. The summed E-state index contributed by atoms with van der Waals surface area (Å²) in [5, 5.41) is 11.0. The molecule has 2 rings (SSSR count). The Morgan fingerprint density at radius 1 is 1.33 bits per heavy atom. The van der Waals surface area contributed by atoms with Crippen LogP contribution in [-0.2, 0) is 10.0 Å². The van der Waals surface area contributed by atoms with Crippen molar-refractivity contribution in [3.05, 3.63) is 29.8 Å². The standard InChI is InChI=1S/C11H15N3O3S/c12-18(16,17)10-3-1-8(2-4-10)11(15)14-9-5-6-13-7-9/h1-4,9,13H,5-7H2,(H,14,15)(H2,12,16,17)/t9-/m1/s1. The summed E-state index contributed by atoms with van der Waals surface area (Å²) < 4.78 is 22.1. The average molecular weight is 269 g/mol. The van der Waals surface area contributed by atoms with E-state index >= 15 is 0 Å². The molecule has 1 aliphatic rings. The molecule has 0 bridgehead atoms. The highest BCUT2D eigenvalue weighted by Gasteiger charge is 2.17. The van der Waals surface area contributed by atoms with Gasteiger partial charge < -0.3 is 10.6 Å². The summed E-state index contributed by atoms with van der Waals surface area (Å²) in [5.41, 5.74) is 0.425. The SMILES string of the molecule is NS(=O)(=O)c1ccc(C(=O)N[C@@H]2CCNC2)cc1. The number of benzene rings is 1. The first-order valence-corrected chi connectivity index (χ1v) is 7.16. The first kappa shape index (κ1) is 13.0. The smallest absolute Gasteiger partial charge is 0.251 e. The number of hydrogen-bond donors (Lipinski definition) is 3. The third-order valence-corrected chi connectivity index (χ3v) is 3.77. The molecule has 18 heavy (non-hydrogen) atoms. The van der Waals surface area contributed by atoms with Gasteiger partial charge in [-0.3, -0.25) is 4.79 Å². The van der Waals surface area contributed by atoms with Crippen molar-refractivity contribution in [2.24, 2.45) is 5.14 Å². The fraction of sp³-hybridized carbons (Fsp3) is 0.364. The van der Waals surface area contributed by atoms with E-state index < -0.39 is 10.0 Å². The van der Waals surface area contributed by atoms with Gasteiger partial charge in [0, 0.05) is 18.2 Å². The fourth-order valence-corrected chi connectivity index (χ4v) is 2.36. The third-order valence-electron chi connectivity index (χ3n) is 2.84. The molecule has 1 aliphatic heterocycles. The van der Waals surface area contributed by atoms with Crippen LogP contribution in [0.2, 0.25) is 0 Å². The maximum Gasteiger partial charge on any atom is 0.251 e. The van der Waals surface area contributed by atoms with E-state index in [4.69, 9.17) is 5.14 Å². The number of sulfonamides is 1. The Labute approximate surface area is 106 Å². The normalized spacial score (nSPS) is 19.7. The predicted molar refractivity (Wildman–Crippen MR) is 66.6 cm³/mol. The van der Waals surface area contributed by atoms with Crippen molar-refractivity contribution in [1.82, 2.24) is 10.6 Å². The molecule has 0 aliphatic carbocycles. The van der Waals surface area contributed by atoms with Crippen molar-refractivity contribution >= 4 is 15.9 Å². The highest BCUT2D eigenvalue weighted by atomic mass is 32.2. The second-order valence-corrected chi connectivity index (χ2v) is 5.79. The van der Waals surface area contributed by atoms with Gasteiger partial charge in [0.25, 0.3) is 5.91 Å². The van der Waals surface area contributed by atoms with Gasteiger partial charge in [0.2, 0.25) is 10.0 Å². The van der Waals surface area contributed by atoms with Crippen LogP contribution in [0.5, 0.6) is 0 Å². The van der Waals surface area contributed by atoms with Crippen molar-refractivity contribution < 1.29 is 13.2 Å². The first-order valence-electron chi connectivity index (χ1n) is 5.61. The van der Waals surface area contributed by atoms with Crippen LogP contribution >= 0.6 is 0 Å².